The fourth-order valence-corrected chi connectivity index (χ4v) is 1.78. The molecule has 0 spiro atoms. The Morgan fingerprint density at radius 1 is 1.05 bits per heavy atom. The maximum Gasteiger partial charge on any atom is 0.229 e. The number of para-hydroxylation sites is 1. The van der Waals surface area contributed by atoms with Crippen LogP contribution in [0.2, 0.25) is 0 Å². The van der Waals surface area contributed by atoms with E-state index in [2.05, 4.69) is 5.32 Å². The Morgan fingerprint density at radius 2 is 1.67 bits per heavy atom. The van der Waals surface area contributed by atoms with Gasteiger partial charge in [-0.3, -0.25) is 9.59 Å². The van der Waals surface area contributed by atoms with Gasteiger partial charge in [-0.15, -0.1) is 0 Å². The number of benzene rings is 1. The topological polar surface area (TPSA) is 63.2 Å². The normalized spacial score (nSPS) is 11.0. The van der Waals surface area contributed by atoms with Crippen LogP contribution in [0.5, 0.6) is 0 Å². The van der Waals surface area contributed by atoms with Gasteiger partial charge in [0.05, 0.1) is 5.69 Å². The van der Waals surface area contributed by atoms with Crippen LogP contribution in [0.25, 0.3) is 0 Å². The van der Waals surface area contributed by atoms with E-state index in [4.69, 9.17) is 0 Å². The molecule has 1 aromatic rings. The molecule has 0 fully saturated rings. The van der Waals surface area contributed by atoms with Crippen LogP contribution in [0.15, 0.2) is 24.3 Å². The van der Waals surface area contributed by atoms with Crippen LogP contribution in [-0.2, 0) is 9.59 Å². The zero-order chi connectivity index (χ0) is 16.0. The molecule has 1 aromatic carbocycles. The Kier molecular flexibility index (Phi) is 5.82. The Bertz CT molecular complexity index is 541. The lowest BCUT2D eigenvalue weighted by Crippen LogP contribution is -2.28. The molecule has 0 radical (unpaired) electrons. The molecule has 4 nitrogen and oxygen atoms in total. The first-order valence-electron chi connectivity index (χ1n) is 7.15. The average Bonchev–Trinajstić information content (AvgIpc) is 2.37. The third-order valence-electron chi connectivity index (χ3n) is 3.09. The first-order chi connectivity index (χ1) is 9.71. The van der Waals surface area contributed by atoms with Crippen molar-refractivity contribution in [2.45, 2.75) is 47.0 Å². The molecule has 114 valence electrons. The van der Waals surface area contributed by atoms with Gasteiger partial charge in [0.2, 0.25) is 5.91 Å². The minimum Gasteiger partial charge on any atom is -0.325 e. The van der Waals surface area contributed by atoms with Crippen LogP contribution in [0, 0.1) is 5.41 Å². The largest absolute Gasteiger partial charge is 0.325 e. The third kappa shape index (κ3) is 5.50. The van der Waals surface area contributed by atoms with Gasteiger partial charge in [-0.05, 0) is 25.5 Å². The molecule has 0 saturated carbocycles. The third-order valence-corrected chi connectivity index (χ3v) is 3.09. The highest BCUT2D eigenvalue weighted by Crippen LogP contribution is 2.22. The lowest BCUT2D eigenvalue weighted by molar-refractivity contribution is -0.123. The highest BCUT2D eigenvalue weighted by Gasteiger charge is 2.22. The van der Waals surface area contributed by atoms with Gasteiger partial charge in [0.15, 0.2) is 5.78 Å². The molecule has 0 aromatic heterocycles. The lowest BCUT2D eigenvalue weighted by atomic mass is 9.95. The van der Waals surface area contributed by atoms with Crippen LogP contribution >= 0.6 is 0 Å². The number of carbonyl (C=O) groups excluding carboxylic acids is 3. The monoisotopic (exact) mass is 289 g/mol. The molecule has 21 heavy (non-hydrogen) atoms. The predicted octanol–water partition coefficient (Wildman–Crippen LogP) is 3.61. The first kappa shape index (κ1) is 17.1. The van der Waals surface area contributed by atoms with E-state index >= 15 is 0 Å². The van der Waals surface area contributed by atoms with Crippen molar-refractivity contribution < 1.29 is 14.4 Å². The molecule has 1 amide bonds. The number of carbonyl (C=O) groups is 3. The number of ketones is 2. The maximum atomic E-state index is 12.2. The Morgan fingerprint density at radius 3 is 2.24 bits per heavy atom. The molecule has 0 bridgehead atoms. The van der Waals surface area contributed by atoms with Crippen LogP contribution in [0.1, 0.15) is 57.3 Å². The van der Waals surface area contributed by atoms with Crippen molar-refractivity contribution >= 4 is 23.2 Å². The summed E-state index contributed by atoms with van der Waals surface area (Å²) in [6.45, 7) is 6.97. The van der Waals surface area contributed by atoms with Crippen molar-refractivity contribution in [1.29, 1.82) is 0 Å². The fourth-order valence-electron chi connectivity index (χ4n) is 1.78. The minimum atomic E-state index is -0.523. The summed E-state index contributed by atoms with van der Waals surface area (Å²) in [5, 5.41) is 2.80. The summed E-state index contributed by atoms with van der Waals surface area (Å²) in [7, 11) is 0. The molecule has 0 unspecified atom stereocenters. The van der Waals surface area contributed by atoms with E-state index in [0.29, 0.717) is 30.5 Å². The van der Waals surface area contributed by atoms with E-state index < -0.39 is 5.41 Å². The summed E-state index contributed by atoms with van der Waals surface area (Å²) in [6.07, 6.45) is 1.25. The molecule has 4 heteroatoms. The van der Waals surface area contributed by atoms with Gasteiger partial charge >= 0.3 is 0 Å². The van der Waals surface area contributed by atoms with E-state index in [-0.39, 0.29) is 17.5 Å². The zero-order valence-corrected chi connectivity index (χ0v) is 13.2. The molecule has 0 aliphatic heterocycles. The summed E-state index contributed by atoms with van der Waals surface area (Å²) in [4.78, 5) is 35.2. The van der Waals surface area contributed by atoms with Crippen molar-refractivity contribution in [3.05, 3.63) is 29.8 Å². The second-order valence-corrected chi connectivity index (χ2v) is 6.23. The van der Waals surface area contributed by atoms with Gasteiger partial charge in [0.25, 0.3) is 0 Å². The molecule has 1 rings (SSSR count). The standard InChI is InChI=1S/C17H23NO3/c1-12(19)8-7-11-15(20)13-9-5-6-10-14(13)18-16(21)17(2,3)4/h5-6,9-10H,7-8,11H2,1-4H3,(H,18,21). The van der Waals surface area contributed by atoms with Gasteiger partial charge in [-0.1, -0.05) is 32.9 Å². The number of hydrogen-bond acceptors (Lipinski definition) is 3. The van der Waals surface area contributed by atoms with Crippen LogP contribution in [0.4, 0.5) is 5.69 Å². The highest BCUT2D eigenvalue weighted by atomic mass is 16.2. The Balaban J connectivity index is 2.81. The molecular formula is C17H23NO3. The SMILES string of the molecule is CC(=O)CCCC(=O)c1ccccc1NC(=O)C(C)(C)C. The summed E-state index contributed by atoms with van der Waals surface area (Å²) < 4.78 is 0. The fraction of sp³-hybridized carbons (Fsp3) is 0.471. The number of hydrogen-bond donors (Lipinski definition) is 1. The first-order valence-corrected chi connectivity index (χ1v) is 7.15. The second kappa shape index (κ2) is 7.16. The van der Waals surface area contributed by atoms with E-state index in [1.807, 2.05) is 20.8 Å². The van der Waals surface area contributed by atoms with Gasteiger partial charge in [-0.2, -0.15) is 0 Å². The minimum absolute atomic E-state index is 0.0546. The number of anilines is 1. The van der Waals surface area contributed by atoms with Crippen molar-refractivity contribution in [1.82, 2.24) is 0 Å². The quantitative estimate of drug-likeness (QED) is 0.814. The summed E-state index contributed by atoms with van der Waals surface area (Å²) in [5.41, 5.74) is 0.508. The van der Waals surface area contributed by atoms with Gasteiger partial charge in [-0.25, -0.2) is 0 Å². The average molecular weight is 289 g/mol. The Labute approximate surface area is 125 Å². The zero-order valence-electron chi connectivity index (χ0n) is 13.2. The maximum absolute atomic E-state index is 12.2. The summed E-state index contributed by atoms with van der Waals surface area (Å²) in [5.74, 6) is -0.107. The van der Waals surface area contributed by atoms with Crippen molar-refractivity contribution in [3.8, 4) is 0 Å². The predicted molar refractivity (Wildman–Crippen MR) is 83.4 cm³/mol. The molecule has 0 aliphatic carbocycles. The van der Waals surface area contributed by atoms with E-state index in [1.165, 1.54) is 6.92 Å². The molecule has 0 aliphatic rings. The molecule has 0 saturated heterocycles. The number of rotatable bonds is 6. The number of nitrogens with one attached hydrogen (secondary N) is 1. The Hall–Kier alpha value is -1.97. The smallest absolute Gasteiger partial charge is 0.229 e. The van der Waals surface area contributed by atoms with Gasteiger partial charge in [0.1, 0.15) is 5.78 Å². The van der Waals surface area contributed by atoms with Gasteiger partial charge < -0.3 is 10.1 Å². The lowest BCUT2D eigenvalue weighted by Gasteiger charge is -2.19. The van der Waals surface area contributed by atoms with Gasteiger partial charge in [0, 0.05) is 23.8 Å². The molecule has 0 atom stereocenters. The number of Topliss-reactive ketones (excluding diaryl/α,β-unsaturated/α-hetero) is 2. The van der Waals surface area contributed by atoms with E-state index in [0.717, 1.165) is 0 Å². The molecule has 0 heterocycles. The highest BCUT2D eigenvalue weighted by molar-refractivity contribution is 6.05. The van der Waals surface area contributed by atoms with Crippen LogP contribution < -0.4 is 5.32 Å². The van der Waals surface area contributed by atoms with Crippen LogP contribution in [0.3, 0.4) is 0 Å². The van der Waals surface area contributed by atoms with Crippen molar-refractivity contribution in [3.63, 3.8) is 0 Å². The number of amides is 1. The van der Waals surface area contributed by atoms with Crippen molar-refractivity contribution in [2.24, 2.45) is 5.41 Å². The van der Waals surface area contributed by atoms with Crippen LogP contribution in [-0.4, -0.2) is 17.5 Å². The second-order valence-electron chi connectivity index (χ2n) is 6.23. The molecule has 1 N–H and O–H groups in total. The van der Waals surface area contributed by atoms with E-state index in [9.17, 15) is 14.4 Å². The summed E-state index contributed by atoms with van der Waals surface area (Å²) in [6, 6.07) is 6.98. The van der Waals surface area contributed by atoms with Crippen molar-refractivity contribution in [2.75, 3.05) is 5.32 Å². The molecular weight excluding hydrogens is 266 g/mol. The van der Waals surface area contributed by atoms with E-state index in [1.54, 1.807) is 24.3 Å². The summed E-state index contributed by atoms with van der Waals surface area (Å²) >= 11 is 0.